The minimum atomic E-state index is -0.920. The fraction of sp³-hybridized carbons (Fsp3) is 0.389. The number of aromatic nitrogens is 2. The van der Waals surface area contributed by atoms with Crippen LogP contribution in [0.15, 0.2) is 36.5 Å². The Bertz CT molecular complexity index is 772. The lowest BCUT2D eigenvalue weighted by atomic mass is 10.1. The molecule has 0 bridgehead atoms. The molecule has 1 aliphatic heterocycles. The van der Waals surface area contributed by atoms with Crippen molar-refractivity contribution in [2.75, 3.05) is 13.7 Å². The van der Waals surface area contributed by atoms with Gasteiger partial charge in [0.05, 0.1) is 29.5 Å². The number of carboxylic acids is 1. The average molecular weight is 343 g/mol. The van der Waals surface area contributed by atoms with Gasteiger partial charge in [0.15, 0.2) is 0 Å². The minimum absolute atomic E-state index is 0.0858. The van der Waals surface area contributed by atoms with Crippen LogP contribution in [0.3, 0.4) is 0 Å². The highest BCUT2D eigenvalue weighted by molar-refractivity contribution is 5.95. The molecule has 25 heavy (non-hydrogen) atoms. The second kappa shape index (κ2) is 7.06. The number of hydrogen-bond acceptors (Lipinski definition) is 4. The van der Waals surface area contributed by atoms with Crippen LogP contribution in [-0.4, -0.2) is 57.5 Å². The number of amides is 1. The van der Waals surface area contributed by atoms with Crippen molar-refractivity contribution in [2.45, 2.75) is 31.9 Å². The van der Waals surface area contributed by atoms with Gasteiger partial charge in [-0.05, 0) is 25.5 Å². The summed E-state index contributed by atoms with van der Waals surface area (Å²) < 4.78 is 7.00. The van der Waals surface area contributed by atoms with E-state index in [-0.39, 0.29) is 24.5 Å². The van der Waals surface area contributed by atoms with Gasteiger partial charge in [-0.2, -0.15) is 5.10 Å². The number of carboxylic acid groups (broad SMARTS) is 1. The van der Waals surface area contributed by atoms with Crippen LogP contribution in [0.2, 0.25) is 0 Å². The van der Waals surface area contributed by atoms with Gasteiger partial charge in [-0.15, -0.1) is 0 Å². The molecular weight excluding hydrogens is 322 g/mol. The van der Waals surface area contributed by atoms with Crippen LogP contribution in [0.4, 0.5) is 0 Å². The number of rotatable bonds is 5. The first-order chi connectivity index (χ1) is 12.0. The van der Waals surface area contributed by atoms with Crippen molar-refractivity contribution in [2.24, 2.45) is 0 Å². The number of para-hydroxylation sites is 1. The summed E-state index contributed by atoms with van der Waals surface area (Å²) >= 11 is 0. The summed E-state index contributed by atoms with van der Waals surface area (Å²) in [7, 11) is 1.58. The lowest BCUT2D eigenvalue weighted by Gasteiger charge is -2.22. The Labute approximate surface area is 145 Å². The van der Waals surface area contributed by atoms with Gasteiger partial charge >= 0.3 is 5.97 Å². The van der Waals surface area contributed by atoms with Crippen LogP contribution in [0.1, 0.15) is 28.9 Å². The molecule has 2 heterocycles. The second-order valence-corrected chi connectivity index (χ2v) is 6.21. The van der Waals surface area contributed by atoms with Gasteiger partial charge in [0.1, 0.15) is 0 Å². The van der Waals surface area contributed by atoms with E-state index < -0.39 is 5.97 Å². The Morgan fingerprint density at radius 1 is 1.32 bits per heavy atom. The molecule has 1 aliphatic rings. The quantitative estimate of drug-likeness (QED) is 0.896. The van der Waals surface area contributed by atoms with E-state index in [2.05, 4.69) is 5.10 Å². The number of benzene rings is 1. The number of aryl methyl sites for hydroxylation is 1. The van der Waals surface area contributed by atoms with E-state index in [1.807, 2.05) is 30.3 Å². The normalized spacial score (nSPS) is 20.0. The fourth-order valence-corrected chi connectivity index (χ4v) is 3.23. The van der Waals surface area contributed by atoms with E-state index in [9.17, 15) is 9.59 Å². The van der Waals surface area contributed by atoms with Crippen LogP contribution in [0.25, 0.3) is 5.69 Å². The van der Waals surface area contributed by atoms with E-state index in [0.717, 1.165) is 5.69 Å². The monoisotopic (exact) mass is 343 g/mol. The van der Waals surface area contributed by atoms with Crippen molar-refractivity contribution < 1.29 is 19.4 Å². The van der Waals surface area contributed by atoms with Gasteiger partial charge in [0.2, 0.25) is 0 Å². The van der Waals surface area contributed by atoms with Crippen molar-refractivity contribution in [3.05, 3.63) is 47.8 Å². The molecule has 3 rings (SSSR count). The third kappa shape index (κ3) is 3.56. The third-order valence-electron chi connectivity index (χ3n) is 4.53. The van der Waals surface area contributed by atoms with E-state index in [0.29, 0.717) is 24.2 Å². The predicted octanol–water partition coefficient (Wildman–Crippen LogP) is 1.88. The lowest BCUT2D eigenvalue weighted by molar-refractivity contribution is -0.137. The topological polar surface area (TPSA) is 84.7 Å². The van der Waals surface area contributed by atoms with Gasteiger partial charge in [0.25, 0.3) is 5.91 Å². The average Bonchev–Trinajstić information content (AvgIpc) is 3.18. The number of likely N-dealkylation sites (tertiary alicyclic amines) is 1. The van der Waals surface area contributed by atoms with Crippen LogP contribution in [-0.2, 0) is 9.53 Å². The summed E-state index contributed by atoms with van der Waals surface area (Å²) in [4.78, 5) is 25.7. The summed E-state index contributed by atoms with van der Waals surface area (Å²) in [6, 6.07) is 9.17. The number of hydrogen-bond donors (Lipinski definition) is 1. The molecule has 1 N–H and O–H groups in total. The third-order valence-corrected chi connectivity index (χ3v) is 4.53. The van der Waals surface area contributed by atoms with Crippen LogP contribution < -0.4 is 0 Å². The summed E-state index contributed by atoms with van der Waals surface area (Å²) in [6.45, 7) is 2.17. The summed E-state index contributed by atoms with van der Waals surface area (Å²) in [5, 5.41) is 13.5. The second-order valence-electron chi connectivity index (χ2n) is 6.21. The number of carbonyl (C=O) groups excluding carboxylic acids is 1. The van der Waals surface area contributed by atoms with Gasteiger partial charge < -0.3 is 14.7 Å². The van der Waals surface area contributed by atoms with E-state index in [4.69, 9.17) is 9.84 Å². The molecule has 1 amide bonds. The molecular formula is C18H21N3O4. The Kier molecular flexibility index (Phi) is 4.85. The smallest absolute Gasteiger partial charge is 0.305 e. The number of ether oxygens (including phenoxy) is 1. The molecule has 2 aromatic rings. The lowest BCUT2D eigenvalue weighted by Crippen LogP contribution is -2.37. The van der Waals surface area contributed by atoms with E-state index in [1.54, 1.807) is 29.8 Å². The molecule has 132 valence electrons. The maximum Gasteiger partial charge on any atom is 0.305 e. The van der Waals surface area contributed by atoms with E-state index >= 15 is 0 Å². The molecule has 0 aliphatic carbocycles. The minimum Gasteiger partial charge on any atom is -0.481 e. The van der Waals surface area contributed by atoms with Crippen molar-refractivity contribution in [1.29, 1.82) is 0 Å². The molecule has 2 atom stereocenters. The molecule has 7 heteroatoms. The SMILES string of the molecule is COC1CC(CC(=O)O)N(C(=O)c2cn(-c3ccccc3)nc2C)C1. The molecule has 1 saturated heterocycles. The predicted molar refractivity (Wildman–Crippen MR) is 90.8 cm³/mol. The Balaban J connectivity index is 1.87. The first-order valence-corrected chi connectivity index (χ1v) is 8.17. The number of methoxy groups -OCH3 is 1. The molecule has 1 aromatic heterocycles. The number of aliphatic carboxylic acids is 1. The van der Waals surface area contributed by atoms with Crippen molar-refractivity contribution in [3.63, 3.8) is 0 Å². The molecule has 2 unspecified atom stereocenters. The summed E-state index contributed by atoms with van der Waals surface area (Å²) in [5.74, 6) is -1.12. The standard InChI is InChI=1S/C18H21N3O4/c1-12-16(11-21(19-12)13-6-4-3-5-7-13)18(24)20-10-15(25-2)8-14(20)9-17(22)23/h3-7,11,14-15H,8-10H2,1-2H3,(H,22,23). The van der Waals surface area contributed by atoms with E-state index in [1.165, 1.54) is 0 Å². The largest absolute Gasteiger partial charge is 0.481 e. The van der Waals surface area contributed by atoms with Crippen LogP contribution in [0, 0.1) is 6.92 Å². The molecule has 1 fully saturated rings. The first kappa shape index (κ1) is 17.2. The summed E-state index contributed by atoms with van der Waals surface area (Å²) in [5.41, 5.74) is 1.96. The maximum absolute atomic E-state index is 13.0. The molecule has 0 saturated carbocycles. The van der Waals surface area contributed by atoms with Crippen LogP contribution >= 0.6 is 0 Å². The highest BCUT2D eigenvalue weighted by Gasteiger charge is 2.37. The zero-order valence-electron chi connectivity index (χ0n) is 14.3. The highest BCUT2D eigenvalue weighted by Crippen LogP contribution is 2.26. The van der Waals surface area contributed by atoms with Gasteiger partial charge in [-0.1, -0.05) is 18.2 Å². The zero-order chi connectivity index (χ0) is 18.0. The van der Waals surface area contributed by atoms with Crippen molar-refractivity contribution >= 4 is 11.9 Å². The highest BCUT2D eigenvalue weighted by atomic mass is 16.5. The fourth-order valence-electron chi connectivity index (χ4n) is 3.23. The van der Waals surface area contributed by atoms with Crippen molar-refractivity contribution in [1.82, 2.24) is 14.7 Å². The zero-order valence-corrected chi connectivity index (χ0v) is 14.3. The Morgan fingerprint density at radius 2 is 2.04 bits per heavy atom. The maximum atomic E-state index is 13.0. The van der Waals surface area contributed by atoms with Gasteiger partial charge in [-0.3, -0.25) is 9.59 Å². The molecule has 1 aromatic carbocycles. The number of nitrogens with zero attached hydrogens (tertiary/aromatic N) is 3. The Hall–Kier alpha value is -2.67. The van der Waals surface area contributed by atoms with Gasteiger partial charge in [-0.25, -0.2) is 4.68 Å². The summed E-state index contributed by atoms with van der Waals surface area (Å²) in [6.07, 6.45) is 2.00. The van der Waals surface area contributed by atoms with Gasteiger partial charge in [0, 0.05) is 25.9 Å². The molecule has 0 radical (unpaired) electrons. The molecule has 7 nitrogen and oxygen atoms in total. The first-order valence-electron chi connectivity index (χ1n) is 8.17. The Morgan fingerprint density at radius 3 is 2.68 bits per heavy atom. The van der Waals surface area contributed by atoms with Crippen molar-refractivity contribution in [3.8, 4) is 5.69 Å². The molecule has 0 spiro atoms. The van der Waals surface area contributed by atoms with Crippen LogP contribution in [0.5, 0.6) is 0 Å². The number of carbonyl (C=O) groups is 2.